The van der Waals surface area contributed by atoms with Gasteiger partial charge in [0.25, 0.3) is 0 Å². The van der Waals surface area contributed by atoms with Gasteiger partial charge in [-0.25, -0.2) is 0 Å². The van der Waals surface area contributed by atoms with E-state index in [1.807, 2.05) is 0 Å². The van der Waals surface area contributed by atoms with Crippen LogP contribution in [0.25, 0.3) is 0 Å². The number of likely N-dealkylation sites (tertiary alicyclic amines) is 1. The van der Waals surface area contributed by atoms with E-state index in [9.17, 15) is 0 Å². The molecule has 0 radical (unpaired) electrons. The maximum absolute atomic E-state index is 5.43. The van der Waals surface area contributed by atoms with E-state index in [-0.39, 0.29) is 0 Å². The second-order valence-electron chi connectivity index (χ2n) is 5.17. The molecule has 0 aliphatic carbocycles. The Hall–Kier alpha value is 0.0569. The molecular weight excluding hydrogens is 246 g/mol. The maximum Gasteiger partial charge on any atom is 0.500 e. The summed E-state index contributed by atoms with van der Waals surface area (Å²) in [6.45, 7) is 1.26. The number of hydrogen-bond acceptors (Lipinski definition) is 4. The Morgan fingerprint density at radius 3 is 2.28 bits per heavy atom. The Kier molecular flexibility index (Phi) is 7.40. The summed E-state index contributed by atoms with van der Waals surface area (Å²) in [7, 11) is 4.98. The molecule has 1 rings (SSSR count). The van der Waals surface area contributed by atoms with Crippen LogP contribution < -0.4 is 0 Å². The molecule has 4 nitrogen and oxygen atoms in total. The van der Waals surface area contributed by atoms with Gasteiger partial charge in [0.15, 0.2) is 0 Å². The molecule has 1 heterocycles. The number of unbranched alkanes of at least 4 members (excludes halogenated alkanes) is 1. The van der Waals surface area contributed by atoms with Crippen molar-refractivity contribution in [3.8, 4) is 0 Å². The fourth-order valence-corrected chi connectivity index (χ4v) is 4.58. The molecule has 18 heavy (non-hydrogen) atoms. The average Bonchev–Trinajstić information content (AvgIpc) is 2.42. The molecule has 1 atom stereocenters. The summed E-state index contributed by atoms with van der Waals surface area (Å²) in [5, 5.41) is 0. The maximum atomic E-state index is 5.43. The summed E-state index contributed by atoms with van der Waals surface area (Å²) in [6, 6.07) is 1.70. The van der Waals surface area contributed by atoms with E-state index in [4.69, 9.17) is 13.3 Å². The molecule has 0 bridgehead atoms. The van der Waals surface area contributed by atoms with Crippen LogP contribution in [-0.2, 0) is 13.3 Å². The van der Waals surface area contributed by atoms with Crippen molar-refractivity contribution in [2.75, 3.05) is 34.9 Å². The first-order valence-corrected chi connectivity index (χ1v) is 8.96. The SMILES string of the molecule is CO[Si](CCCCC1CCCCN1C)(OC)OC. The highest BCUT2D eigenvalue weighted by Gasteiger charge is 2.36. The largest absolute Gasteiger partial charge is 0.500 e. The topological polar surface area (TPSA) is 30.9 Å². The first-order valence-electron chi connectivity index (χ1n) is 7.03. The molecule has 0 N–H and O–H groups in total. The van der Waals surface area contributed by atoms with Crippen molar-refractivity contribution in [3.63, 3.8) is 0 Å². The highest BCUT2D eigenvalue weighted by atomic mass is 28.4. The highest BCUT2D eigenvalue weighted by molar-refractivity contribution is 6.60. The lowest BCUT2D eigenvalue weighted by molar-refractivity contribution is 0.122. The molecule has 0 aromatic carbocycles. The minimum Gasteiger partial charge on any atom is -0.377 e. The zero-order valence-corrected chi connectivity index (χ0v) is 13.4. The van der Waals surface area contributed by atoms with Crippen LogP contribution in [-0.4, -0.2) is 54.7 Å². The van der Waals surface area contributed by atoms with E-state index >= 15 is 0 Å². The lowest BCUT2D eigenvalue weighted by atomic mass is 9.98. The third-order valence-corrected chi connectivity index (χ3v) is 6.96. The summed E-state index contributed by atoms with van der Waals surface area (Å²) in [5.41, 5.74) is 0. The van der Waals surface area contributed by atoms with Crippen molar-refractivity contribution in [1.82, 2.24) is 4.90 Å². The van der Waals surface area contributed by atoms with Crippen LogP contribution in [0, 0.1) is 0 Å². The van der Waals surface area contributed by atoms with Crippen molar-refractivity contribution in [1.29, 1.82) is 0 Å². The smallest absolute Gasteiger partial charge is 0.377 e. The minimum atomic E-state index is -2.33. The molecule has 0 saturated carbocycles. The summed E-state index contributed by atoms with van der Waals surface area (Å²) in [6.07, 6.45) is 7.77. The van der Waals surface area contributed by atoms with Gasteiger partial charge in [0.05, 0.1) is 0 Å². The summed E-state index contributed by atoms with van der Waals surface area (Å²) in [5.74, 6) is 0. The number of hydrogen-bond donors (Lipinski definition) is 0. The van der Waals surface area contributed by atoms with Crippen LogP contribution >= 0.6 is 0 Å². The third-order valence-electron chi connectivity index (χ3n) is 4.12. The van der Waals surface area contributed by atoms with Crippen LogP contribution in [0.5, 0.6) is 0 Å². The molecule has 1 unspecified atom stereocenters. The van der Waals surface area contributed by atoms with E-state index in [0.29, 0.717) is 0 Å². The number of rotatable bonds is 8. The van der Waals surface area contributed by atoms with Gasteiger partial charge < -0.3 is 18.2 Å². The van der Waals surface area contributed by atoms with Gasteiger partial charge in [0, 0.05) is 33.4 Å². The van der Waals surface area contributed by atoms with Gasteiger partial charge in [0.1, 0.15) is 0 Å². The van der Waals surface area contributed by atoms with Crippen molar-refractivity contribution in [2.45, 2.75) is 50.6 Å². The first-order chi connectivity index (χ1) is 8.67. The quantitative estimate of drug-likeness (QED) is 0.503. The lowest BCUT2D eigenvalue weighted by Crippen LogP contribution is -2.42. The molecule has 1 fully saturated rings. The fraction of sp³-hybridized carbons (Fsp3) is 1.00. The zero-order chi connectivity index (χ0) is 13.4. The van der Waals surface area contributed by atoms with Crippen LogP contribution in [0.3, 0.4) is 0 Å². The second-order valence-corrected chi connectivity index (χ2v) is 8.26. The van der Waals surface area contributed by atoms with Crippen molar-refractivity contribution in [2.24, 2.45) is 0 Å². The number of piperidine rings is 1. The van der Waals surface area contributed by atoms with Gasteiger partial charge in [-0.05, 0) is 39.3 Å². The summed E-state index contributed by atoms with van der Waals surface area (Å²) >= 11 is 0. The monoisotopic (exact) mass is 275 g/mol. The Bertz CT molecular complexity index is 216. The second kappa shape index (κ2) is 8.27. The van der Waals surface area contributed by atoms with Crippen LogP contribution in [0.4, 0.5) is 0 Å². The Labute approximate surface area is 113 Å². The molecular formula is C13H29NO3Si. The molecule has 5 heteroatoms. The first kappa shape index (κ1) is 16.1. The van der Waals surface area contributed by atoms with Crippen LogP contribution in [0.2, 0.25) is 6.04 Å². The average molecular weight is 275 g/mol. The molecule has 1 aliphatic heterocycles. The van der Waals surface area contributed by atoms with Crippen molar-refractivity contribution in [3.05, 3.63) is 0 Å². The lowest BCUT2D eigenvalue weighted by Gasteiger charge is -2.32. The van der Waals surface area contributed by atoms with Gasteiger partial charge in [-0.15, -0.1) is 0 Å². The predicted octanol–water partition coefficient (Wildman–Crippen LogP) is 2.52. The standard InChI is InChI=1S/C13H29NO3Si/c1-14-11-7-5-9-13(14)10-6-8-12-18(15-2,16-3)17-4/h13H,5-12H2,1-4H3. The molecule has 0 aromatic heterocycles. The van der Waals surface area contributed by atoms with Gasteiger partial charge >= 0.3 is 8.80 Å². The Balaban J connectivity index is 2.20. The summed E-state index contributed by atoms with van der Waals surface area (Å²) in [4.78, 5) is 2.51. The van der Waals surface area contributed by atoms with E-state index in [2.05, 4.69) is 11.9 Å². The van der Waals surface area contributed by atoms with E-state index < -0.39 is 8.80 Å². The molecule has 0 amide bonds. The van der Waals surface area contributed by atoms with Crippen LogP contribution in [0.1, 0.15) is 38.5 Å². The molecule has 1 aliphatic rings. The fourth-order valence-electron chi connectivity index (χ4n) is 2.79. The van der Waals surface area contributed by atoms with Crippen LogP contribution in [0.15, 0.2) is 0 Å². The van der Waals surface area contributed by atoms with Gasteiger partial charge in [0.2, 0.25) is 0 Å². The van der Waals surface area contributed by atoms with Gasteiger partial charge in [-0.3, -0.25) is 0 Å². The third kappa shape index (κ3) is 4.62. The summed E-state index contributed by atoms with van der Waals surface area (Å²) < 4.78 is 16.3. The van der Waals surface area contributed by atoms with E-state index in [1.165, 1.54) is 38.6 Å². The minimum absolute atomic E-state index is 0.780. The van der Waals surface area contributed by atoms with E-state index in [1.54, 1.807) is 21.3 Å². The zero-order valence-electron chi connectivity index (χ0n) is 12.4. The molecule has 0 spiro atoms. The highest BCUT2D eigenvalue weighted by Crippen LogP contribution is 2.22. The predicted molar refractivity (Wildman–Crippen MR) is 75.7 cm³/mol. The molecule has 1 saturated heterocycles. The molecule has 0 aromatic rings. The molecule has 108 valence electrons. The van der Waals surface area contributed by atoms with Crippen molar-refractivity contribution < 1.29 is 13.3 Å². The Morgan fingerprint density at radius 2 is 1.72 bits per heavy atom. The Morgan fingerprint density at radius 1 is 1.06 bits per heavy atom. The van der Waals surface area contributed by atoms with Gasteiger partial charge in [-0.2, -0.15) is 0 Å². The van der Waals surface area contributed by atoms with Gasteiger partial charge in [-0.1, -0.05) is 12.8 Å². The van der Waals surface area contributed by atoms with Crippen molar-refractivity contribution >= 4 is 8.80 Å². The normalized spacial score (nSPS) is 22.3. The van der Waals surface area contributed by atoms with E-state index in [0.717, 1.165) is 18.5 Å². The number of nitrogens with zero attached hydrogens (tertiary/aromatic N) is 1.